The molecule has 0 saturated carbocycles. The summed E-state index contributed by atoms with van der Waals surface area (Å²) >= 11 is 13.5. The molecular weight excluding hydrogens is 267 g/mol. The summed E-state index contributed by atoms with van der Waals surface area (Å²) in [4.78, 5) is 17.8. The number of hydrogen-bond donors (Lipinski definition) is 0. The van der Waals surface area contributed by atoms with Crippen molar-refractivity contribution in [3.63, 3.8) is 0 Å². The first kappa shape index (κ1) is 12.0. The Morgan fingerprint density at radius 3 is 2.75 bits per heavy atom. The van der Waals surface area contributed by atoms with E-state index in [1.807, 2.05) is 11.8 Å². The molecule has 1 aliphatic rings. The second-order valence-corrected chi connectivity index (χ2v) is 5.42. The fourth-order valence-corrected chi connectivity index (χ4v) is 2.75. The van der Waals surface area contributed by atoms with Crippen molar-refractivity contribution in [2.24, 2.45) is 0 Å². The zero-order chi connectivity index (χ0) is 11.5. The number of pyridine rings is 1. The van der Waals surface area contributed by atoms with E-state index < -0.39 is 0 Å². The normalized spacial score (nSPS) is 16.2. The topological polar surface area (TPSA) is 33.2 Å². The molecule has 1 aromatic rings. The van der Waals surface area contributed by atoms with Crippen LogP contribution in [0, 0.1) is 0 Å². The molecule has 1 amide bonds. The zero-order valence-electron chi connectivity index (χ0n) is 8.45. The molecule has 0 bridgehead atoms. The van der Waals surface area contributed by atoms with Gasteiger partial charge in [0.25, 0.3) is 5.91 Å². The number of nitrogens with zero attached hydrogens (tertiary/aromatic N) is 2. The SMILES string of the molecule is O=C(c1cc(Cl)cnc1Cl)N1CCSCC1. The maximum Gasteiger partial charge on any atom is 0.257 e. The van der Waals surface area contributed by atoms with Gasteiger partial charge in [-0.15, -0.1) is 0 Å². The van der Waals surface area contributed by atoms with Crippen LogP contribution in [0.5, 0.6) is 0 Å². The van der Waals surface area contributed by atoms with E-state index in [1.54, 1.807) is 11.0 Å². The van der Waals surface area contributed by atoms with Gasteiger partial charge in [0.15, 0.2) is 0 Å². The van der Waals surface area contributed by atoms with Gasteiger partial charge >= 0.3 is 0 Å². The molecule has 86 valence electrons. The van der Waals surface area contributed by atoms with Gasteiger partial charge in [0.1, 0.15) is 5.15 Å². The van der Waals surface area contributed by atoms with E-state index in [-0.39, 0.29) is 11.1 Å². The third-order valence-electron chi connectivity index (χ3n) is 2.33. The van der Waals surface area contributed by atoms with Crippen molar-refractivity contribution < 1.29 is 4.79 Å². The minimum atomic E-state index is -0.0831. The minimum absolute atomic E-state index is 0.0831. The summed E-state index contributed by atoms with van der Waals surface area (Å²) < 4.78 is 0. The summed E-state index contributed by atoms with van der Waals surface area (Å²) in [6.07, 6.45) is 1.44. The van der Waals surface area contributed by atoms with Crippen molar-refractivity contribution in [1.82, 2.24) is 9.88 Å². The number of amides is 1. The molecule has 0 radical (unpaired) electrons. The molecule has 0 aliphatic carbocycles. The smallest absolute Gasteiger partial charge is 0.257 e. The Hall–Kier alpha value is -0.450. The first-order valence-corrected chi connectivity index (χ1v) is 6.77. The van der Waals surface area contributed by atoms with Crippen molar-refractivity contribution >= 4 is 40.9 Å². The fraction of sp³-hybridized carbons (Fsp3) is 0.400. The van der Waals surface area contributed by atoms with E-state index in [0.29, 0.717) is 10.6 Å². The molecule has 0 N–H and O–H groups in total. The summed E-state index contributed by atoms with van der Waals surface area (Å²) in [5.41, 5.74) is 0.390. The highest BCUT2D eigenvalue weighted by Crippen LogP contribution is 2.21. The lowest BCUT2D eigenvalue weighted by molar-refractivity contribution is 0.0772. The molecule has 16 heavy (non-hydrogen) atoms. The van der Waals surface area contributed by atoms with E-state index in [2.05, 4.69) is 4.98 Å². The lowest BCUT2D eigenvalue weighted by Crippen LogP contribution is -2.38. The molecule has 6 heteroatoms. The van der Waals surface area contributed by atoms with Crippen molar-refractivity contribution in [2.75, 3.05) is 24.6 Å². The van der Waals surface area contributed by atoms with Crippen LogP contribution in [-0.2, 0) is 0 Å². The van der Waals surface area contributed by atoms with Crippen LogP contribution in [0.25, 0.3) is 0 Å². The molecule has 0 spiro atoms. The Balaban J connectivity index is 2.22. The maximum absolute atomic E-state index is 12.1. The maximum atomic E-state index is 12.1. The predicted octanol–water partition coefficient (Wildman–Crippen LogP) is 2.58. The molecule has 1 aromatic heterocycles. The lowest BCUT2D eigenvalue weighted by atomic mass is 10.2. The molecule has 0 unspecified atom stereocenters. The zero-order valence-corrected chi connectivity index (χ0v) is 10.8. The largest absolute Gasteiger partial charge is 0.337 e. The molecule has 0 aromatic carbocycles. The number of rotatable bonds is 1. The average molecular weight is 277 g/mol. The molecule has 0 atom stereocenters. The summed E-state index contributed by atoms with van der Waals surface area (Å²) in [5.74, 6) is 1.86. The quantitative estimate of drug-likeness (QED) is 0.740. The third-order valence-corrected chi connectivity index (χ3v) is 3.78. The Morgan fingerprint density at radius 2 is 2.06 bits per heavy atom. The van der Waals surface area contributed by atoms with Crippen molar-refractivity contribution in [3.05, 3.63) is 28.0 Å². The van der Waals surface area contributed by atoms with Crippen molar-refractivity contribution in [1.29, 1.82) is 0 Å². The second-order valence-electron chi connectivity index (χ2n) is 3.40. The number of carbonyl (C=O) groups excluding carboxylic acids is 1. The van der Waals surface area contributed by atoms with Gasteiger partial charge in [-0.05, 0) is 6.07 Å². The van der Waals surface area contributed by atoms with E-state index in [0.717, 1.165) is 24.6 Å². The molecular formula is C10H10Cl2N2OS. The average Bonchev–Trinajstić information content (AvgIpc) is 2.32. The predicted molar refractivity (Wildman–Crippen MR) is 67.5 cm³/mol. The number of aromatic nitrogens is 1. The molecule has 2 rings (SSSR count). The lowest BCUT2D eigenvalue weighted by Gasteiger charge is -2.26. The number of carbonyl (C=O) groups is 1. The van der Waals surface area contributed by atoms with E-state index in [1.165, 1.54) is 6.20 Å². The Labute approximate surface area is 108 Å². The third kappa shape index (κ3) is 2.62. The first-order valence-electron chi connectivity index (χ1n) is 4.86. The van der Waals surface area contributed by atoms with Gasteiger partial charge in [-0.1, -0.05) is 23.2 Å². The second kappa shape index (κ2) is 5.25. The number of thioether (sulfide) groups is 1. The van der Waals surface area contributed by atoms with Crippen molar-refractivity contribution in [2.45, 2.75) is 0 Å². The van der Waals surface area contributed by atoms with Gasteiger partial charge < -0.3 is 4.90 Å². The van der Waals surface area contributed by atoms with Crippen LogP contribution >= 0.6 is 35.0 Å². The van der Waals surface area contributed by atoms with Crippen LogP contribution in [0.2, 0.25) is 10.2 Å². The van der Waals surface area contributed by atoms with Crippen LogP contribution in [0.1, 0.15) is 10.4 Å². The molecule has 3 nitrogen and oxygen atoms in total. The summed E-state index contributed by atoms with van der Waals surface area (Å²) in [5, 5.41) is 0.645. The van der Waals surface area contributed by atoms with Gasteiger partial charge in [-0.25, -0.2) is 4.98 Å². The Morgan fingerprint density at radius 1 is 1.38 bits per heavy atom. The van der Waals surface area contributed by atoms with Crippen LogP contribution in [-0.4, -0.2) is 40.4 Å². The Bertz CT molecular complexity index is 408. The monoisotopic (exact) mass is 276 g/mol. The number of hydrogen-bond acceptors (Lipinski definition) is 3. The molecule has 1 aliphatic heterocycles. The van der Waals surface area contributed by atoms with Crippen LogP contribution in [0.15, 0.2) is 12.3 Å². The standard InChI is InChI=1S/C10H10Cl2N2OS/c11-7-5-8(9(12)13-6-7)10(15)14-1-3-16-4-2-14/h5-6H,1-4H2. The summed E-state index contributed by atoms with van der Waals surface area (Å²) in [6, 6.07) is 1.57. The first-order chi connectivity index (χ1) is 7.68. The van der Waals surface area contributed by atoms with Gasteiger partial charge in [0.05, 0.1) is 10.6 Å². The molecule has 1 saturated heterocycles. The van der Waals surface area contributed by atoms with E-state index in [9.17, 15) is 4.79 Å². The van der Waals surface area contributed by atoms with E-state index >= 15 is 0 Å². The van der Waals surface area contributed by atoms with E-state index in [4.69, 9.17) is 23.2 Å². The van der Waals surface area contributed by atoms with Gasteiger partial charge in [0, 0.05) is 30.8 Å². The van der Waals surface area contributed by atoms with Gasteiger partial charge in [-0.2, -0.15) is 11.8 Å². The highest BCUT2D eigenvalue weighted by molar-refractivity contribution is 7.99. The van der Waals surface area contributed by atoms with Crippen molar-refractivity contribution in [3.8, 4) is 0 Å². The molecule has 1 fully saturated rings. The fourth-order valence-electron chi connectivity index (χ4n) is 1.51. The van der Waals surface area contributed by atoms with Gasteiger partial charge in [0.2, 0.25) is 0 Å². The Kier molecular flexibility index (Phi) is 3.95. The minimum Gasteiger partial charge on any atom is -0.337 e. The molecule has 2 heterocycles. The van der Waals surface area contributed by atoms with Gasteiger partial charge in [-0.3, -0.25) is 4.79 Å². The number of halogens is 2. The summed E-state index contributed by atoms with van der Waals surface area (Å²) in [7, 11) is 0. The highest BCUT2D eigenvalue weighted by atomic mass is 35.5. The van der Waals surface area contributed by atoms with Crippen LogP contribution in [0.3, 0.4) is 0 Å². The van der Waals surface area contributed by atoms with Crippen LogP contribution < -0.4 is 0 Å². The summed E-state index contributed by atoms with van der Waals surface area (Å²) in [6.45, 7) is 1.51. The highest BCUT2D eigenvalue weighted by Gasteiger charge is 2.21. The van der Waals surface area contributed by atoms with Crippen LogP contribution in [0.4, 0.5) is 0 Å².